The van der Waals surface area contributed by atoms with E-state index in [1.165, 1.54) is 17.0 Å². The summed E-state index contributed by atoms with van der Waals surface area (Å²) in [4.78, 5) is 14.0. The minimum absolute atomic E-state index is 0.0331. The Labute approximate surface area is 301 Å². The van der Waals surface area contributed by atoms with Crippen molar-refractivity contribution in [1.29, 1.82) is 0 Å². The van der Waals surface area contributed by atoms with Gasteiger partial charge in [-0.3, -0.25) is 4.90 Å². The standard InChI is InChI=1S/C38H36F5IN2O3Si/c1-23-17-29-28-18-24(39)15-16-32(28)46(36(47)48)34(29)35(33-30(40)19-25(44)20-31(33)41)45(23)21-38(42,43)22-49-50(37(2,3)4,26-11-7-5-8-12-26)27-13-9-6-10-14-27/h5-16,18-20,23,35H,17,21-22H2,1-4H3,(H,47,48)/t23-,35-/m1/s1. The van der Waals surface area contributed by atoms with E-state index in [4.69, 9.17) is 4.43 Å². The summed E-state index contributed by atoms with van der Waals surface area (Å²) >= 11 is 1.75. The monoisotopic (exact) mass is 818 g/mol. The fourth-order valence-electron chi connectivity index (χ4n) is 7.53. The number of benzene rings is 4. The Balaban J connectivity index is 1.48. The van der Waals surface area contributed by atoms with Crippen LogP contribution in [0.4, 0.5) is 26.7 Å². The van der Waals surface area contributed by atoms with E-state index < -0.39 is 73.6 Å². The van der Waals surface area contributed by atoms with Crippen molar-refractivity contribution in [3.8, 4) is 0 Å². The summed E-state index contributed by atoms with van der Waals surface area (Å²) in [6, 6.07) is 22.0. The molecule has 0 unspecified atom stereocenters. The van der Waals surface area contributed by atoms with Crippen molar-refractivity contribution in [2.75, 3.05) is 13.2 Å². The maximum absolute atomic E-state index is 16.7. The quantitative estimate of drug-likeness (QED) is 0.0968. The summed E-state index contributed by atoms with van der Waals surface area (Å²) < 4.78 is 87.3. The maximum atomic E-state index is 16.7. The first-order chi connectivity index (χ1) is 23.6. The number of hydrogen-bond acceptors (Lipinski definition) is 3. The fourth-order valence-corrected chi connectivity index (χ4v) is 12.7. The van der Waals surface area contributed by atoms with Crippen molar-refractivity contribution in [2.24, 2.45) is 0 Å². The minimum Gasteiger partial charge on any atom is -0.464 e. The lowest BCUT2D eigenvalue weighted by molar-refractivity contribution is -0.0827. The summed E-state index contributed by atoms with van der Waals surface area (Å²) in [7, 11) is -3.39. The second-order valence-electron chi connectivity index (χ2n) is 13.9. The van der Waals surface area contributed by atoms with Gasteiger partial charge in [-0.15, -0.1) is 0 Å². The molecular formula is C38H36F5IN2O3Si. The molecule has 4 aromatic carbocycles. The third-order valence-electron chi connectivity index (χ3n) is 9.57. The molecule has 2 atom stereocenters. The summed E-state index contributed by atoms with van der Waals surface area (Å²) in [5.41, 5.74) is -0.234. The predicted molar refractivity (Wildman–Crippen MR) is 195 cm³/mol. The highest BCUT2D eigenvalue weighted by Gasteiger charge is 2.53. The number of aromatic nitrogens is 1. The summed E-state index contributed by atoms with van der Waals surface area (Å²) in [6.07, 6.45) is -1.46. The molecule has 1 N–H and O–H groups in total. The zero-order valence-electron chi connectivity index (χ0n) is 27.9. The molecule has 2 heterocycles. The SMILES string of the molecule is C[C@@H]1Cc2c(n(C(=O)O)c3ccc(F)cc23)[C@@H](c2c(F)cc(I)cc2F)N1CC(F)(F)CO[Si](c1ccccc1)(c1ccccc1)C(C)(C)C. The van der Waals surface area contributed by atoms with E-state index in [2.05, 4.69) is 0 Å². The van der Waals surface area contributed by atoms with Crippen molar-refractivity contribution >= 4 is 58.3 Å². The molecule has 0 fully saturated rings. The van der Waals surface area contributed by atoms with Gasteiger partial charge in [0.25, 0.3) is 14.2 Å². The Morgan fingerprint density at radius 2 is 1.48 bits per heavy atom. The van der Waals surface area contributed by atoms with Crippen LogP contribution in [0.15, 0.2) is 91.0 Å². The summed E-state index contributed by atoms with van der Waals surface area (Å²) in [5, 5.41) is 11.7. The van der Waals surface area contributed by atoms with Crippen LogP contribution in [0.2, 0.25) is 5.04 Å². The van der Waals surface area contributed by atoms with Gasteiger partial charge in [-0.25, -0.2) is 31.3 Å². The average molecular weight is 819 g/mol. The number of carboxylic acid groups (broad SMARTS) is 1. The van der Waals surface area contributed by atoms with Crippen molar-refractivity contribution in [2.45, 2.75) is 57.2 Å². The van der Waals surface area contributed by atoms with Gasteiger partial charge in [-0.2, -0.15) is 0 Å². The highest BCUT2D eigenvalue weighted by molar-refractivity contribution is 14.1. The lowest BCUT2D eigenvalue weighted by atomic mass is 9.87. The lowest BCUT2D eigenvalue weighted by Crippen LogP contribution is -2.67. The van der Waals surface area contributed by atoms with Crippen LogP contribution >= 0.6 is 22.6 Å². The second kappa shape index (κ2) is 13.5. The van der Waals surface area contributed by atoms with Gasteiger partial charge in [0.15, 0.2) is 0 Å². The van der Waals surface area contributed by atoms with Gasteiger partial charge in [0.2, 0.25) is 0 Å². The molecule has 0 spiro atoms. The molecule has 1 aromatic heterocycles. The molecule has 0 bridgehead atoms. The molecule has 5 nitrogen and oxygen atoms in total. The molecule has 262 valence electrons. The Hall–Kier alpha value is -3.59. The summed E-state index contributed by atoms with van der Waals surface area (Å²) in [5.74, 6) is -6.22. The van der Waals surface area contributed by atoms with Crippen molar-refractivity contribution in [3.05, 3.63) is 129 Å². The van der Waals surface area contributed by atoms with E-state index in [9.17, 15) is 14.3 Å². The Morgan fingerprint density at radius 3 is 2.00 bits per heavy atom. The molecule has 50 heavy (non-hydrogen) atoms. The van der Waals surface area contributed by atoms with Crippen LogP contribution in [0.3, 0.4) is 0 Å². The maximum Gasteiger partial charge on any atom is 0.416 e. The van der Waals surface area contributed by atoms with Crippen LogP contribution in [-0.4, -0.2) is 54.1 Å². The number of hydrogen-bond donors (Lipinski definition) is 1. The Bertz CT molecular complexity index is 1990. The highest BCUT2D eigenvalue weighted by atomic mass is 127. The third-order valence-corrected chi connectivity index (χ3v) is 15.2. The molecule has 1 aliphatic rings. The number of halogens is 6. The van der Waals surface area contributed by atoms with Gasteiger partial charge in [0.05, 0.1) is 30.4 Å². The largest absolute Gasteiger partial charge is 0.464 e. The van der Waals surface area contributed by atoms with E-state index in [1.807, 2.05) is 81.4 Å². The fraction of sp³-hybridized carbons (Fsp3) is 0.289. The van der Waals surface area contributed by atoms with Gasteiger partial charge in [-0.1, -0.05) is 81.4 Å². The minimum atomic E-state index is -3.57. The molecule has 5 aromatic rings. The number of rotatable bonds is 8. The number of carbonyl (C=O) groups is 1. The molecule has 0 saturated heterocycles. The van der Waals surface area contributed by atoms with Crippen molar-refractivity contribution < 1.29 is 36.3 Å². The molecule has 0 aliphatic carbocycles. The van der Waals surface area contributed by atoms with Crippen molar-refractivity contribution in [1.82, 2.24) is 9.47 Å². The zero-order chi connectivity index (χ0) is 36.2. The third kappa shape index (κ3) is 6.39. The molecule has 1 aliphatic heterocycles. The van der Waals surface area contributed by atoms with Crippen LogP contribution in [0.25, 0.3) is 10.9 Å². The van der Waals surface area contributed by atoms with Gasteiger partial charge in [-0.05, 0) is 87.2 Å². The van der Waals surface area contributed by atoms with Gasteiger partial charge >= 0.3 is 6.09 Å². The Kier molecular flexibility index (Phi) is 9.78. The topological polar surface area (TPSA) is 54.7 Å². The van der Waals surface area contributed by atoms with Crippen LogP contribution in [0, 0.1) is 21.0 Å². The molecule has 6 rings (SSSR count). The second-order valence-corrected chi connectivity index (χ2v) is 19.4. The van der Waals surface area contributed by atoms with Crippen LogP contribution in [-0.2, 0) is 10.8 Å². The van der Waals surface area contributed by atoms with Crippen LogP contribution < -0.4 is 10.4 Å². The van der Waals surface area contributed by atoms with Gasteiger partial charge < -0.3 is 9.53 Å². The molecular weight excluding hydrogens is 782 g/mol. The average Bonchev–Trinajstić information content (AvgIpc) is 3.35. The molecule has 0 amide bonds. The van der Waals surface area contributed by atoms with Crippen LogP contribution in [0.5, 0.6) is 0 Å². The molecule has 0 saturated carbocycles. The van der Waals surface area contributed by atoms with Crippen molar-refractivity contribution in [3.63, 3.8) is 0 Å². The first-order valence-electron chi connectivity index (χ1n) is 16.1. The smallest absolute Gasteiger partial charge is 0.416 e. The van der Waals surface area contributed by atoms with E-state index in [1.54, 1.807) is 29.5 Å². The normalized spacial score (nSPS) is 17.2. The highest BCUT2D eigenvalue weighted by Crippen LogP contribution is 2.46. The van der Waals surface area contributed by atoms with Crippen LogP contribution in [0.1, 0.15) is 50.6 Å². The first-order valence-corrected chi connectivity index (χ1v) is 19.1. The lowest BCUT2D eigenvalue weighted by Gasteiger charge is -2.45. The zero-order valence-corrected chi connectivity index (χ0v) is 31.0. The van der Waals surface area contributed by atoms with E-state index in [-0.39, 0.29) is 26.6 Å². The number of alkyl halides is 2. The van der Waals surface area contributed by atoms with E-state index >= 15 is 17.6 Å². The number of fused-ring (bicyclic) bond motifs is 3. The van der Waals surface area contributed by atoms with Gasteiger partial charge in [0.1, 0.15) is 17.5 Å². The molecule has 0 radical (unpaired) electrons. The predicted octanol–water partition coefficient (Wildman–Crippen LogP) is 8.74. The Morgan fingerprint density at radius 1 is 0.920 bits per heavy atom. The summed E-state index contributed by atoms with van der Waals surface area (Å²) in [6.45, 7) is 5.54. The first kappa shape index (κ1) is 36.2. The van der Waals surface area contributed by atoms with Gasteiger partial charge in [0, 0.05) is 20.6 Å². The molecule has 12 heteroatoms. The van der Waals surface area contributed by atoms with E-state index in [0.29, 0.717) is 5.56 Å². The van der Waals surface area contributed by atoms with E-state index in [0.717, 1.165) is 33.1 Å². The number of nitrogens with zero attached hydrogens (tertiary/aromatic N) is 2.